The lowest BCUT2D eigenvalue weighted by atomic mass is 9.99. The number of hydrogen-bond donors (Lipinski definition) is 2. The minimum absolute atomic E-state index is 0.115. The van der Waals surface area contributed by atoms with Gasteiger partial charge in [0.2, 0.25) is 0 Å². The average molecular weight is 583 g/mol. The molecule has 43 heavy (non-hydrogen) atoms. The fourth-order valence-electron chi connectivity index (χ4n) is 5.92. The molecule has 2 N–H and O–H groups in total. The first kappa shape index (κ1) is 29.8. The van der Waals surface area contributed by atoms with Gasteiger partial charge in [0.15, 0.2) is 0 Å². The molecule has 3 aromatic carbocycles. The van der Waals surface area contributed by atoms with Crippen molar-refractivity contribution in [3.63, 3.8) is 0 Å². The minimum atomic E-state index is -0.568. The van der Waals surface area contributed by atoms with Crippen LogP contribution in [0.15, 0.2) is 84.9 Å². The average Bonchev–Trinajstić information content (AvgIpc) is 3.03. The Morgan fingerprint density at radius 2 is 1.35 bits per heavy atom. The maximum absolute atomic E-state index is 13.4. The summed E-state index contributed by atoms with van der Waals surface area (Å²) in [6.07, 6.45) is 3.33. The van der Waals surface area contributed by atoms with E-state index in [9.17, 15) is 24.3 Å². The number of rotatable bonds is 12. The van der Waals surface area contributed by atoms with E-state index < -0.39 is 23.6 Å². The highest BCUT2D eigenvalue weighted by molar-refractivity contribution is 6.36. The summed E-state index contributed by atoms with van der Waals surface area (Å²) in [6, 6.07) is 26.2. The minimum Gasteiger partial charge on any atom is -0.508 e. The molecular weight excluding hydrogens is 544 g/mol. The van der Waals surface area contributed by atoms with Gasteiger partial charge in [0, 0.05) is 38.8 Å². The van der Waals surface area contributed by atoms with E-state index in [2.05, 4.69) is 5.32 Å². The van der Waals surface area contributed by atoms with Gasteiger partial charge < -0.3 is 25.1 Å². The van der Waals surface area contributed by atoms with E-state index >= 15 is 0 Å². The first-order chi connectivity index (χ1) is 20.9. The Morgan fingerprint density at radius 3 is 2.05 bits per heavy atom. The van der Waals surface area contributed by atoms with Crippen LogP contribution in [0.3, 0.4) is 0 Å². The predicted octanol–water partition coefficient (Wildman–Crippen LogP) is 2.91. The molecule has 2 heterocycles. The van der Waals surface area contributed by atoms with E-state index in [0.717, 1.165) is 23.1 Å². The number of phenolic OH excluding ortho intramolecular Hbond substituents is 1. The number of hydrogen-bond acceptors (Lipinski definition) is 5. The zero-order valence-electron chi connectivity index (χ0n) is 24.2. The number of piperazine rings is 2. The summed E-state index contributed by atoms with van der Waals surface area (Å²) < 4.78 is 0. The number of nitrogens with zero attached hydrogens (tertiary/aromatic N) is 3. The van der Waals surface area contributed by atoms with Crippen molar-refractivity contribution in [1.82, 2.24) is 20.0 Å². The maximum Gasteiger partial charge on any atom is 0.312 e. The first-order valence-electron chi connectivity index (χ1n) is 14.9. The summed E-state index contributed by atoms with van der Waals surface area (Å²) >= 11 is 0. The van der Waals surface area contributed by atoms with Gasteiger partial charge >= 0.3 is 23.6 Å². The molecule has 2 aliphatic heterocycles. The standard InChI is InChI=1S/C34H38N4O5/c39-30-16-14-26(15-17-30)21-29-24-36(33(42)34(43)38(29)23-27-11-5-2-6-12-27)19-8-7-13-28-22-35-31(40)32(41)37(28)20-18-25-9-3-1-4-10-25/h1-6,9-12,14-17,28-29,39H,7-8,13,18-24H2,(H,35,40)/t28-,29-/m0/s1. The lowest BCUT2D eigenvalue weighted by Crippen LogP contribution is -2.60. The van der Waals surface area contributed by atoms with Gasteiger partial charge in [0.25, 0.3) is 0 Å². The number of aromatic hydroxyl groups is 1. The molecule has 2 aliphatic rings. The Labute approximate surface area is 252 Å². The molecule has 0 aliphatic carbocycles. The normalized spacial score (nSPS) is 19.1. The fraction of sp³-hybridized carbons (Fsp3) is 0.353. The van der Waals surface area contributed by atoms with E-state index in [1.807, 2.05) is 72.8 Å². The molecule has 0 bridgehead atoms. The Balaban J connectivity index is 1.20. The summed E-state index contributed by atoms with van der Waals surface area (Å²) in [5, 5.41) is 12.4. The van der Waals surface area contributed by atoms with Crippen molar-refractivity contribution < 1.29 is 24.3 Å². The molecule has 0 aromatic heterocycles. The molecule has 0 saturated carbocycles. The molecule has 0 radical (unpaired) electrons. The van der Waals surface area contributed by atoms with Gasteiger partial charge in [-0.15, -0.1) is 0 Å². The van der Waals surface area contributed by atoms with E-state index in [0.29, 0.717) is 58.4 Å². The van der Waals surface area contributed by atoms with Crippen molar-refractivity contribution in [1.29, 1.82) is 0 Å². The monoisotopic (exact) mass is 582 g/mol. The van der Waals surface area contributed by atoms with Gasteiger partial charge in [-0.25, -0.2) is 0 Å². The Kier molecular flexibility index (Phi) is 9.71. The van der Waals surface area contributed by atoms with Gasteiger partial charge in [-0.2, -0.15) is 0 Å². The van der Waals surface area contributed by atoms with E-state index in [1.54, 1.807) is 26.8 Å². The molecule has 4 amide bonds. The molecule has 9 heteroatoms. The van der Waals surface area contributed by atoms with Crippen LogP contribution in [0, 0.1) is 0 Å². The molecule has 3 aromatic rings. The van der Waals surface area contributed by atoms with Crippen LogP contribution in [-0.2, 0) is 38.6 Å². The molecule has 0 unspecified atom stereocenters. The zero-order chi connectivity index (χ0) is 30.2. The third-order valence-electron chi connectivity index (χ3n) is 8.30. The number of phenols is 1. The lowest BCUT2D eigenvalue weighted by molar-refractivity contribution is -0.159. The van der Waals surface area contributed by atoms with Gasteiger partial charge in [0.05, 0.1) is 6.04 Å². The van der Waals surface area contributed by atoms with Crippen molar-refractivity contribution in [3.05, 3.63) is 102 Å². The summed E-state index contributed by atoms with van der Waals surface area (Å²) in [5.74, 6) is -1.89. The van der Waals surface area contributed by atoms with Crippen LogP contribution in [0.1, 0.15) is 36.0 Å². The number of unbranched alkanes of at least 4 members (excludes halogenated alkanes) is 1. The van der Waals surface area contributed by atoms with Crippen LogP contribution in [-0.4, -0.2) is 81.7 Å². The largest absolute Gasteiger partial charge is 0.508 e. The van der Waals surface area contributed by atoms with Crippen LogP contribution in [0.5, 0.6) is 5.75 Å². The van der Waals surface area contributed by atoms with Crippen molar-refractivity contribution in [2.24, 2.45) is 0 Å². The van der Waals surface area contributed by atoms with Crippen molar-refractivity contribution in [2.45, 2.75) is 50.7 Å². The highest BCUT2D eigenvalue weighted by atomic mass is 16.3. The molecule has 2 saturated heterocycles. The van der Waals surface area contributed by atoms with Crippen molar-refractivity contribution >= 4 is 23.6 Å². The number of carbonyl (C=O) groups excluding carboxylic acids is 4. The van der Waals surface area contributed by atoms with Crippen LogP contribution in [0.4, 0.5) is 0 Å². The fourth-order valence-corrected chi connectivity index (χ4v) is 5.92. The van der Waals surface area contributed by atoms with E-state index in [-0.39, 0.29) is 17.8 Å². The predicted molar refractivity (Wildman–Crippen MR) is 162 cm³/mol. The van der Waals surface area contributed by atoms with Crippen LogP contribution < -0.4 is 5.32 Å². The smallest absolute Gasteiger partial charge is 0.312 e. The zero-order valence-corrected chi connectivity index (χ0v) is 24.2. The number of benzene rings is 3. The summed E-state index contributed by atoms with van der Waals surface area (Å²) in [6.45, 7) is 2.08. The third kappa shape index (κ3) is 7.60. The molecule has 0 spiro atoms. The third-order valence-corrected chi connectivity index (χ3v) is 8.30. The van der Waals surface area contributed by atoms with Gasteiger partial charge in [0.1, 0.15) is 5.75 Å². The quantitative estimate of drug-likeness (QED) is 0.252. The summed E-state index contributed by atoms with van der Waals surface area (Å²) in [7, 11) is 0. The topological polar surface area (TPSA) is 110 Å². The summed E-state index contributed by atoms with van der Waals surface area (Å²) in [5.41, 5.74) is 3.04. The molecule has 9 nitrogen and oxygen atoms in total. The van der Waals surface area contributed by atoms with E-state index in [4.69, 9.17) is 0 Å². The highest BCUT2D eigenvalue weighted by Crippen LogP contribution is 2.22. The molecule has 224 valence electrons. The number of nitrogens with one attached hydrogen (secondary N) is 1. The molecule has 2 fully saturated rings. The van der Waals surface area contributed by atoms with Crippen LogP contribution in [0.25, 0.3) is 0 Å². The van der Waals surface area contributed by atoms with Gasteiger partial charge in [-0.3, -0.25) is 19.2 Å². The van der Waals surface area contributed by atoms with Crippen LogP contribution >= 0.6 is 0 Å². The Hall–Kier alpha value is -4.66. The molecule has 2 atom stereocenters. The molecular formula is C34H38N4O5. The number of carbonyl (C=O) groups is 4. The molecule has 5 rings (SSSR count). The maximum atomic E-state index is 13.4. The SMILES string of the molecule is O=C1NC[C@H](CCCCN2C[C@H](Cc3ccc(O)cc3)N(Cc3ccccc3)C(=O)C2=O)N(CCc2ccccc2)C1=O. The van der Waals surface area contributed by atoms with Gasteiger partial charge in [-0.1, -0.05) is 72.8 Å². The summed E-state index contributed by atoms with van der Waals surface area (Å²) in [4.78, 5) is 56.4. The van der Waals surface area contributed by atoms with E-state index in [1.165, 1.54) is 0 Å². The second-order valence-electron chi connectivity index (χ2n) is 11.3. The van der Waals surface area contributed by atoms with Crippen molar-refractivity contribution in [3.8, 4) is 5.75 Å². The number of amides is 4. The lowest BCUT2D eigenvalue weighted by Gasteiger charge is -2.41. The first-order valence-corrected chi connectivity index (χ1v) is 14.9. The highest BCUT2D eigenvalue weighted by Gasteiger charge is 2.39. The van der Waals surface area contributed by atoms with Crippen LogP contribution in [0.2, 0.25) is 0 Å². The van der Waals surface area contributed by atoms with Gasteiger partial charge in [-0.05, 0) is 60.9 Å². The second kappa shape index (κ2) is 14.0. The second-order valence-corrected chi connectivity index (χ2v) is 11.3. The van der Waals surface area contributed by atoms with Crippen molar-refractivity contribution in [2.75, 3.05) is 26.2 Å². The Bertz CT molecular complexity index is 1410. The Morgan fingerprint density at radius 1 is 0.674 bits per heavy atom.